The Kier molecular flexibility index (Phi) is 7.59. The summed E-state index contributed by atoms with van der Waals surface area (Å²) in [6, 6.07) is 18.2. The van der Waals surface area contributed by atoms with Crippen LogP contribution in [0.1, 0.15) is 30.0 Å². The van der Waals surface area contributed by atoms with Crippen molar-refractivity contribution in [1.29, 1.82) is 0 Å². The van der Waals surface area contributed by atoms with E-state index < -0.39 is 0 Å². The topological polar surface area (TPSA) is 35.2 Å². The molecule has 0 spiro atoms. The number of ether oxygens (including phenoxy) is 1. The molecule has 2 aromatic rings. The standard InChI is InChI=1S/C18H21NO.ClH/c1-2-3-12-18(19)16-10-7-11-17(13-16)20-14-15-8-5-4-6-9-15;/h2,4-11,13,18H,1,3,12,14,19H2;1H/t18-;/m0./s1. The molecule has 0 fully saturated rings. The predicted molar refractivity (Wildman–Crippen MR) is 90.8 cm³/mol. The van der Waals surface area contributed by atoms with E-state index in [1.54, 1.807) is 0 Å². The zero-order chi connectivity index (χ0) is 14.2. The van der Waals surface area contributed by atoms with Gasteiger partial charge in [0, 0.05) is 6.04 Å². The van der Waals surface area contributed by atoms with Gasteiger partial charge in [-0.15, -0.1) is 19.0 Å². The molecule has 0 aliphatic carbocycles. The van der Waals surface area contributed by atoms with Crippen molar-refractivity contribution < 1.29 is 4.74 Å². The number of hydrogen-bond acceptors (Lipinski definition) is 2. The number of halogens is 1. The highest BCUT2D eigenvalue weighted by Crippen LogP contribution is 2.21. The maximum atomic E-state index is 6.15. The molecule has 2 nitrogen and oxygen atoms in total. The van der Waals surface area contributed by atoms with Crippen LogP contribution in [0.4, 0.5) is 0 Å². The van der Waals surface area contributed by atoms with Gasteiger partial charge in [-0.2, -0.15) is 0 Å². The minimum atomic E-state index is 0. The van der Waals surface area contributed by atoms with Gasteiger partial charge in [-0.05, 0) is 36.1 Å². The molecule has 0 aliphatic heterocycles. The second-order valence-electron chi connectivity index (χ2n) is 4.82. The first-order valence-electron chi connectivity index (χ1n) is 6.93. The summed E-state index contributed by atoms with van der Waals surface area (Å²) in [5, 5.41) is 0. The number of benzene rings is 2. The van der Waals surface area contributed by atoms with Gasteiger partial charge in [-0.25, -0.2) is 0 Å². The summed E-state index contributed by atoms with van der Waals surface area (Å²) in [5.41, 5.74) is 8.42. The lowest BCUT2D eigenvalue weighted by atomic mass is 10.0. The van der Waals surface area contributed by atoms with E-state index >= 15 is 0 Å². The van der Waals surface area contributed by atoms with Crippen molar-refractivity contribution in [2.24, 2.45) is 5.73 Å². The van der Waals surface area contributed by atoms with Gasteiger partial charge in [-0.3, -0.25) is 0 Å². The van der Waals surface area contributed by atoms with E-state index in [2.05, 4.69) is 18.7 Å². The molecule has 0 bridgehead atoms. The number of hydrogen-bond donors (Lipinski definition) is 1. The van der Waals surface area contributed by atoms with Gasteiger partial charge >= 0.3 is 0 Å². The number of nitrogens with two attached hydrogens (primary N) is 1. The molecular weight excluding hydrogens is 282 g/mol. The fourth-order valence-electron chi connectivity index (χ4n) is 2.04. The molecule has 0 unspecified atom stereocenters. The van der Waals surface area contributed by atoms with Crippen molar-refractivity contribution in [2.45, 2.75) is 25.5 Å². The average Bonchev–Trinajstić information content (AvgIpc) is 2.52. The predicted octanol–water partition coefficient (Wildman–Crippen LogP) is 4.65. The summed E-state index contributed by atoms with van der Waals surface area (Å²) in [6.07, 6.45) is 3.73. The number of rotatable bonds is 7. The molecule has 0 heterocycles. The quantitative estimate of drug-likeness (QED) is 0.755. The minimum Gasteiger partial charge on any atom is -0.489 e. The number of allylic oxidation sites excluding steroid dienone is 1. The first kappa shape index (κ1) is 17.3. The zero-order valence-corrected chi connectivity index (χ0v) is 12.9. The van der Waals surface area contributed by atoms with Gasteiger partial charge < -0.3 is 10.5 Å². The molecule has 3 heteroatoms. The molecule has 2 N–H and O–H groups in total. The summed E-state index contributed by atoms with van der Waals surface area (Å²) in [5.74, 6) is 0.861. The normalized spacial score (nSPS) is 11.3. The summed E-state index contributed by atoms with van der Waals surface area (Å²) in [6.45, 7) is 4.30. The molecule has 21 heavy (non-hydrogen) atoms. The third-order valence-electron chi connectivity index (χ3n) is 3.22. The van der Waals surface area contributed by atoms with Gasteiger partial charge in [0.25, 0.3) is 0 Å². The second kappa shape index (κ2) is 9.22. The Bertz CT molecular complexity index is 542. The van der Waals surface area contributed by atoms with Gasteiger partial charge in [0.2, 0.25) is 0 Å². The summed E-state index contributed by atoms with van der Waals surface area (Å²) < 4.78 is 5.81. The maximum absolute atomic E-state index is 6.15. The highest BCUT2D eigenvalue weighted by atomic mass is 35.5. The largest absolute Gasteiger partial charge is 0.489 e. The lowest BCUT2D eigenvalue weighted by Gasteiger charge is -2.13. The highest BCUT2D eigenvalue weighted by Gasteiger charge is 2.06. The maximum Gasteiger partial charge on any atom is 0.120 e. The summed E-state index contributed by atoms with van der Waals surface area (Å²) in [7, 11) is 0. The van der Waals surface area contributed by atoms with Crippen LogP contribution in [0, 0.1) is 0 Å². The van der Waals surface area contributed by atoms with E-state index in [0.29, 0.717) is 6.61 Å². The van der Waals surface area contributed by atoms with Gasteiger partial charge in [0.15, 0.2) is 0 Å². The van der Waals surface area contributed by atoms with Crippen molar-refractivity contribution in [1.82, 2.24) is 0 Å². The Morgan fingerprint density at radius 3 is 2.57 bits per heavy atom. The zero-order valence-electron chi connectivity index (χ0n) is 12.1. The van der Waals surface area contributed by atoms with Crippen molar-refractivity contribution in [2.75, 3.05) is 0 Å². The van der Waals surface area contributed by atoms with E-state index in [-0.39, 0.29) is 18.4 Å². The van der Waals surface area contributed by atoms with E-state index in [4.69, 9.17) is 10.5 Å². The molecule has 1 atom stereocenters. The Morgan fingerprint density at radius 1 is 1.10 bits per heavy atom. The Morgan fingerprint density at radius 2 is 1.86 bits per heavy atom. The van der Waals surface area contributed by atoms with Crippen LogP contribution in [-0.4, -0.2) is 0 Å². The van der Waals surface area contributed by atoms with Gasteiger partial charge in [0.1, 0.15) is 12.4 Å². The van der Waals surface area contributed by atoms with E-state index in [0.717, 1.165) is 29.7 Å². The molecule has 2 aromatic carbocycles. The molecule has 0 amide bonds. The molecule has 0 radical (unpaired) electrons. The van der Waals surface area contributed by atoms with Crippen LogP contribution in [0.2, 0.25) is 0 Å². The summed E-state index contributed by atoms with van der Waals surface area (Å²) >= 11 is 0. The molecule has 2 rings (SSSR count). The average molecular weight is 304 g/mol. The third-order valence-corrected chi connectivity index (χ3v) is 3.22. The lowest BCUT2D eigenvalue weighted by Crippen LogP contribution is -2.09. The fraction of sp³-hybridized carbons (Fsp3) is 0.222. The Labute approximate surface area is 133 Å². The third kappa shape index (κ3) is 5.62. The minimum absolute atomic E-state index is 0. The van der Waals surface area contributed by atoms with Gasteiger partial charge in [-0.1, -0.05) is 48.5 Å². The van der Waals surface area contributed by atoms with Crippen LogP contribution in [0.15, 0.2) is 67.3 Å². The molecular formula is C18H22ClNO. The van der Waals surface area contributed by atoms with Crippen LogP contribution in [0.25, 0.3) is 0 Å². The van der Waals surface area contributed by atoms with Gasteiger partial charge in [0.05, 0.1) is 0 Å². The van der Waals surface area contributed by atoms with Crippen LogP contribution >= 0.6 is 12.4 Å². The molecule has 112 valence electrons. The molecule has 0 saturated heterocycles. The van der Waals surface area contributed by atoms with Crippen molar-refractivity contribution in [3.8, 4) is 5.75 Å². The van der Waals surface area contributed by atoms with Crippen molar-refractivity contribution in [3.05, 3.63) is 78.4 Å². The lowest BCUT2D eigenvalue weighted by molar-refractivity contribution is 0.305. The van der Waals surface area contributed by atoms with Crippen LogP contribution < -0.4 is 10.5 Å². The van der Waals surface area contributed by atoms with Crippen LogP contribution in [-0.2, 0) is 6.61 Å². The van der Waals surface area contributed by atoms with E-state index in [9.17, 15) is 0 Å². The SMILES string of the molecule is C=CCC[C@H](N)c1cccc(OCc2ccccc2)c1.Cl. The molecule has 0 aliphatic rings. The Hall–Kier alpha value is -1.77. The van der Waals surface area contributed by atoms with Crippen LogP contribution in [0.3, 0.4) is 0 Å². The first-order chi connectivity index (χ1) is 9.79. The van der Waals surface area contributed by atoms with Crippen molar-refractivity contribution in [3.63, 3.8) is 0 Å². The smallest absolute Gasteiger partial charge is 0.120 e. The second-order valence-corrected chi connectivity index (χ2v) is 4.82. The monoisotopic (exact) mass is 303 g/mol. The fourth-order valence-corrected chi connectivity index (χ4v) is 2.04. The van der Waals surface area contributed by atoms with E-state index in [1.165, 1.54) is 0 Å². The highest BCUT2D eigenvalue weighted by molar-refractivity contribution is 5.85. The molecule has 0 aromatic heterocycles. The van der Waals surface area contributed by atoms with Crippen molar-refractivity contribution >= 4 is 12.4 Å². The molecule has 0 saturated carbocycles. The van der Waals surface area contributed by atoms with E-state index in [1.807, 2.05) is 48.5 Å². The Balaban J connectivity index is 0.00000220. The summed E-state index contributed by atoms with van der Waals surface area (Å²) in [4.78, 5) is 0. The van der Waals surface area contributed by atoms with Crippen LogP contribution in [0.5, 0.6) is 5.75 Å². The first-order valence-corrected chi connectivity index (χ1v) is 6.93.